The number of carbonyl (C=O) groups is 1. The first-order chi connectivity index (χ1) is 10.9. The number of Topliss-reactive ketones (excluding diaryl/α,β-unsaturated/α-hetero) is 1. The monoisotopic (exact) mass is 310 g/mol. The van der Waals surface area contributed by atoms with Gasteiger partial charge in [0.2, 0.25) is 0 Å². The molecule has 120 valence electrons. The number of ketones is 1. The van der Waals surface area contributed by atoms with Crippen LogP contribution in [-0.4, -0.2) is 20.0 Å². The van der Waals surface area contributed by atoms with Crippen LogP contribution < -0.4 is 9.47 Å². The van der Waals surface area contributed by atoms with Gasteiger partial charge in [0, 0.05) is 17.4 Å². The molecule has 0 fully saturated rings. The summed E-state index contributed by atoms with van der Waals surface area (Å²) in [6.45, 7) is 6.33. The van der Waals surface area contributed by atoms with Crippen LogP contribution in [0.3, 0.4) is 0 Å². The number of carbonyl (C=O) groups excluding carboxylic acids is 1. The summed E-state index contributed by atoms with van der Waals surface area (Å²) in [5.74, 6) is 1.42. The van der Waals surface area contributed by atoms with E-state index in [4.69, 9.17) is 9.47 Å². The van der Waals surface area contributed by atoms with Crippen molar-refractivity contribution < 1.29 is 14.3 Å². The van der Waals surface area contributed by atoms with Crippen molar-refractivity contribution in [1.29, 1.82) is 0 Å². The van der Waals surface area contributed by atoms with Crippen LogP contribution in [0.1, 0.15) is 46.0 Å². The minimum Gasteiger partial charge on any atom is -0.493 e. The largest absolute Gasteiger partial charge is 0.493 e. The van der Waals surface area contributed by atoms with Gasteiger partial charge in [-0.3, -0.25) is 4.79 Å². The Hall–Kier alpha value is -2.29. The SMILES string of the molecule is COc1cc2c(cc1OC)C(C)(c1cc(C)ccc1C)CC2=O. The molecule has 3 rings (SSSR count). The van der Waals surface area contributed by atoms with Crippen molar-refractivity contribution in [3.05, 3.63) is 58.1 Å². The summed E-state index contributed by atoms with van der Waals surface area (Å²) in [6, 6.07) is 10.2. The maximum absolute atomic E-state index is 12.6. The molecule has 3 nitrogen and oxygen atoms in total. The number of methoxy groups -OCH3 is 2. The van der Waals surface area contributed by atoms with Crippen LogP contribution in [0.4, 0.5) is 0 Å². The van der Waals surface area contributed by atoms with E-state index < -0.39 is 0 Å². The molecule has 1 aliphatic carbocycles. The van der Waals surface area contributed by atoms with E-state index in [9.17, 15) is 4.79 Å². The van der Waals surface area contributed by atoms with Gasteiger partial charge in [-0.15, -0.1) is 0 Å². The van der Waals surface area contributed by atoms with Gasteiger partial charge >= 0.3 is 0 Å². The summed E-state index contributed by atoms with van der Waals surface area (Å²) >= 11 is 0. The summed E-state index contributed by atoms with van der Waals surface area (Å²) in [7, 11) is 3.21. The van der Waals surface area contributed by atoms with E-state index in [1.54, 1.807) is 14.2 Å². The summed E-state index contributed by atoms with van der Waals surface area (Å²) < 4.78 is 10.8. The number of hydrogen-bond donors (Lipinski definition) is 0. The number of fused-ring (bicyclic) bond motifs is 1. The number of hydrogen-bond acceptors (Lipinski definition) is 3. The normalized spacial score (nSPS) is 19.6. The lowest BCUT2D eigenvalue weighted by Crippen LogP contribution is -2.22. The van der Waals surface area contributed by atoms with E-state index in [2.05, 4.69) is 39.0 Å². The molecular weight excluding hydrogens is 288 g/mol. The van der Waals surface area contributed by atoms with Gasteiger partial charge in [-0.05, 0) is 42.7 Å². The third-order valence-electron chi connectivity index (χ3n) is 4.92. The molecule has 0 amide bonds. The maximum Gasteiger partial charge on any atom is 0.164 e. The highest BCUT2D eigenvalue weighted by molar-refractivity contribution is 6.03. The predicted molar refractivity (Wildman–Crippen MR) is 90.9 cm³/mol. The standard InChI is InChI=1S/C20H22O3/c1-12-6-7-13(2)15(8-12)20(3)11-17(21)14-9-18(22-4)19(23-5)10-16(14)20/h6-10H,11H2,1-5H3. The molecule has 0 aromatic heterocycles. The minimum atomic E-state index is -0.331. The van der Waals surface area contributed by atoms with Crippen LogP contribution in [0.25, 0.3) is 0 Å². The fraction of sp³-hybridized carbons (Fsp3) is 0.350. The molecular formula is C20H22O3. The van der Waals surface area contributed by atoms with Gasteiger partial charge in [-0.25, -0.2) is 0 Å². The predicted octanol–water partition coefficient (Wildman–Crippen LogP) is 4.21. The Labute approximate surface area is 137 Å². The Kier molecular flexibility index (Phi) is 3.67. The Morgan fingerprint density at radius 3 is 2.26 bits per heavy atom. The zero-order valence-electron chi connectivity index (χ0n) is 14.3. The Bertz CT molecular complexity index is 792. The molecule has 2 aromatic carbocycles. The van der Waals surface area contributed by atoms with Gasteiger partial charge in [0.05, 0.1) is 14.2 Å². The third kappa shape index (κ3) is 2.31. The first-order valence-corrected chi connectivity index (χ1v) is 7.78. The van der Waals surface area contributed by atoms with E-state index in [1.165, 1.54) is 16.7 Å². The summed E-state index contributed by atoms with van der Waals surface area (Å²) in [6.07, 6.45) is 0.475. The Balaban J connectivity index is 2.26. The molecule has 0 saturated carbocycles. The van der Waals surface area contributed by atoms with Crippen LogP contribution in [0.5, 0.6) is 11.5 Å². The van der Waals surface area contributed by atoms with Crippen LogP contribution >= 0.6 is 0 Å². The number of rotatable bonds is 3. The van der Waals surface area contributed by atoms with E-state index in [1.807, 2.05) is 12.1 Å². The molecule has 1 unspecified atom stereocenters. The second-order valence-electron chi connectivity index (χ2n) is 6.50. The lowest BCUT2D eigenvalue weighted by Gasteiger charge is -2.28. The highest BCUT2D eigenvalue weighted by Crippen LogP contribution is 2.48. The zero-order valence-corrected chi connectivity index (χ0v) is 14.3. The van der Waals surface area contributed by atoms with Crippen molar-refractivity contribution in [3.8, 4) is 11.5 Å². The van der Waals surface area contributed by atoms with Crippen molar-refractivity contribution in [2.24, 2.45) is 0 Å². The molecule has 0 heterocycles. The topological polar surface area (TPSA) is 35.5 Å². The number of ether oxygens (including phenoxy) is 2. The molecule has 0 spiro atoms. The molecule has 1 atom stereocenters. The highest BCUT2D eigenvalue weighted by Gasteiger charge is 2.42. The number of benzene rings is 2. The van der Waals surface area contributed by atoms with Crippen molar-refractivity contribution in [2.45, 2.75) is 32.6 Å². The molecule has 3 heteroatoms. The van der Waals surface area contributed by atoms with Gasteiger partial charge in [-0.2, -0.15) is 0 Å². The van der Waals surface area contributed by atoms with E-state index >= 15 is 0 Å². The molecule has 23 heavy (non-hydrogen) atoms. The van der Waals surface area contributed by atoms with Crippen LogP contribution in [0.15, 0.2) is 30.3 Å². The maximum atomic E-state index is 12.6. The van der Waals surface area contributed by atoms with Crippen molar-refractivity contribution >= 4 is 5.78 Å². The summed E-state index contributed by atoms with van der Waals surface area (Å²) in [4.78, 5) is 12.6. The Morgan fingerprint density at radius 1 is 0.957 bits per heavy atom. The van der Waals surface area contributed by atoms with Gasteiger partial charge < -0.3 is 9.47 Å². The average molecular weight is 310 g/mol. The summed E-state index contributed by atoms with van der Waals surface area (Å²) in [5, 5.41) is 0. The van der Waals surface area contributed by atoms with Gasteiger partial charge in [0.25, 0.3) is 0 Å². The third-order valence-corrected chi connectivity index (χ3v) is 4.92. The highest BCUT2D eigenvalue weighted by atomic mass is 16.5. The quantitative estimate of drug-likeness (QED) is 0.852. The molecule has 2 aromatic rings. The summed E-state index contributed by atoms with van der Waals surface area (Å²) in [5.41, 5.74) is 5.04. The smallest absolute Gasteiger partial charge is 0.164 e. The van der Waals surface area contributed by atoms with Crippen molar-refractivity contribution in [2.75, 3.05) is 14.2 Å². The van der Waals surface area contributed by atoms with Crippen LogP contribution in [0.2, 0.25) is 0 Å². The molecule has 0 N–H and O–H groups in total. The molecule has 0 aliphatic heterocycles. The molecule has 0 bridgehead atoms. The van der Waals surface area contributed by atoms with Gasteiger partial charge in [0.1, 0.15) is 0 Å². The van der Waals surface area contributed by atoms with E-state index in [-0.39, 0.29) is 11.2 Å². The lowest BCUT2D eigenvalue weighted by atomic mass is 9.75. The second kappa shape index (κ2) is 5.41. The molecule has 1 aliphatic rings. The van der Waals surface area contributed by atoms with Crippen molar-refractivity contribution in [1.82, 2.24) is 0 Å². The molecule has 0 saturated heterocycles. The zero-order chi connectivity index (χ0) is 16.8. The molecule has 0 radical (unpaired) electrons. The average Bonchev–Trinajstić information content (AvgIpc) is 2.79. The fourth-order valence-corrected chi connectivity index (χ4v) is 3.65. The lowest BCUT2D eigenvalue weighted by molar-refractivity contribution is 0.0981. The van der Waals surface area contributed by atoms with Crippen LogP contribution in [0, 0.1) is 13.8 Å². The van der Waals surface area contributed by atoms with Gasteiger partial charge in [0.15, 0.2) is 17.3 Å². The van der Waals surface area contributed by atoms with Gasteiger partial charge in [-0.1, -0.05) is 30.7 Å². The van der Waals surface area contributed by atoms with E-state index in [0.717, 1.165) is 11.1 Å². The van der Waals surface area contributed by atoms with Crippen LogP contribution in [-0.2, 0) is 5.41 Å². The number of aryl methyl sites for hydroxylation is 2. The van der Waals surface area contributed by atoms with E-state index in [0.29, 0.717) is 17.9 Å². The second-order valence-corrected chi connectivity index (χ2v) is 6.50. The Morgan fingerprint density at radius 2 is 1.61 bits per heavy atom. The van der Waals surface area contributed by atoms with Crippen molar-refractivity contribution in [3.63, 3.8) is 0 Å². The first-order valence-electron chi connectivity index (χ1n) is 7.78. The fourth-order valence-electron chi connectivity index (χ4n) is 3.65. The first kappa shape index (κ1) is 15.6. The minimum absolute atomic E-state index is 0.157.